The van der Waals surface area contributed by atoms with Crippen LogP contribution >= 0.6 is 0 Å². The average molecular weight is 339 g/mol. The van der Waals surface area contributed by atoms with E-state index in [0.29, 0.717) is 5.69 Å². The largest absolute Gasteiger partial charge is 0.280 e. The fraction of sp³-hybridized carbons (Fsp3) is 0.200. The monoisotopic (exact) mass is 339 g/mol. The van der Waals surface area contributed by atoms with Gasteiger partial charge in [-0.2, -0.15) is 0 Å². The lowest BCUT2D eigenvalue weighted by molar-refractivity contribution is 0.597. The fourth-order valence-corrected chi connectivity index (χ4v) is 3.61. The molecule has 2 aromatic rings. The third-order valence-electron chi connectivity index (χ3n) is 3.15. The maximum absolute atomic E-state index is 12.3. The highest BCUT2D eigenvalue weighted by molar-refractivity contribution is 7.92. The van der Waals surface area contributed by atoms with Crippen LogP contribution in [0, 0.1) is 0 Å². The first-order valence-electron chi connectivity index (χ1n) is 6.64. The minimum atomic E-state index is -3.75. The number of rotatable bonds is 5. The van der Waals surface area contributed by atoms with E-state index in [9.17, 15) is 16.8 Å². The zero-order chi connectivity index (χ0) is 16.4. The minimum Gasteiger partial charge on any atom is -0.280 e. The first-order valence-corrected chi connectivity index (χ1v) is 10.0. The molecule has 0 bridgehead atoms. The lowest BCUT2D eigenvalue weighted by atomic mass is 10.1. The van der Waals surface area contributed by atoms with Crippen molar-refractivity contribution >= 4 is 25.5 Å². The van der Waals surface area contributed by atoms with Crippen molar-refractivity contribution in [1.82, 2.24) is 0 Å². The van der Waals surface area contributed by atoms with E-state index in [4.69, 9.17) is 0 Å². The molecule has 0 radical (unpaired) electrons. The molecule has 22 heavy (non-hydrogen) atoms. The number of anilines is 1. The number of hydrogen-bond donors (Lipinski definition) is 1. The summed E-state index contributed by atoms with van der Waals surface area (Å²) in [5, 5.41) is 0. The van der Waals surface area contributed by atoms with Crippen LogP contribution in [0.3, 0.4) is 0 Å². The van der Waals surface area contributed by atoms with E-state index in [1.165, 1.54) is 24.3 Å². The van der Waals surface area contributed by atoms with Crippen LogP contribution in [-0.2, 0) is 26.3 Å². The minimum absolute atomic E-state index is 0.0156. The second-order valence-corrected chi connectivity index (χ2v) is 8.60. The summed E-state index contributed by atoms with van der Waals surface area (Å²) in [5.74, 6) is 0. The van der Waals surface area contributed by atoms with Gasteiger partial charge >= 0.3 is 0 Å². The maximum atomic E-state index is 12.3. The van der Waals surface area contributed by atoms with Gasteiger partial charge in [-0.25, -0.2) is 16.8 Å². The molecule has 1 N–H and O–H groups in total. The number of benzene rings is 2. The van der Waals surface area contributed by atoms with Gasteiger partial charge in [-0.3, -0.25) is 4.72 Å². The molecule has 0 heterocycles. The number of sulfone groups is 1. The van der Waals surface area contributed by atoms with Crippen LogP contribution in [0.2, 0.25) is 0 Å². The van der Waals surface area contributed by atoms with E-state index in [0.717, 1.165) is 18.2 Å². The summed E-state index contributed by atoms with van der Waals surface area (Å²) in [7, 11) is -7.09. The van der Waals surface area contributed by atoms with E-state index < -0.39 is 19.9 Å². The van der Waals surface area contributed by atoms with Crippen LogP contribution in [0.25, 0.3) is 0 Å². The molecule has 0 saturated heterocycles. The van der Waals surface area contributed by atoms with Gasteiger partial charge in [0.05, 0.1) is 9.79 Å². The van der Waals surface area contributed by atoms with Crippen LogP contribution < -0.4 is 4.72 Å². The second-order valence-electron chi connectivity index (χ2n) is 4.90. The van der Waals surface area contributed by atoms with E-state index in [-0.39, 0.29) is 9.79 Å². The first kappa shape index (κ1) is 16.5. The number of aryl methyl sites for hydroxylation is 1. The Kier molecular flexibility index (Phi) is 4.58. The van der Waals surface area contributed by atoms with Gasteiger partial charge in [0.15, 0.2) is 9.84 Å². The molecule has 0 fully saturated rings. The third-order valence-corrected chi connectivity index (χ3v) is 5.68. The molecule has 5 nitrogen and oxygen atoms in total. The molecular formula is C15H17NO4S2. The first-order chi connectivity index (χ1) is 10.2. The molecule has 0 aliphatic rings. The third kappa shape index (κ3) is 3.86. The Bertz CT molecular complexity index is 870. The molecule has 118 valence electrons. The summed E-state index contributed by atoms with van der Waals surface area (Å²) in [4.78, 5) is 0.0984. The van der Waals surface area contributed by atoms with E-state index in [2.05, 4.69) is 4.72 Å². The number of nitrogens with one attached hydrogen (secondary N) is 1. The highest BCUT2D eigenvalue weighted by Crippen LogP contribution is 2.19. The molecule has 0 atom stereocenters. The summed E-state index contributed by atoms with van der Waals surface area (Å²) < 4.78 is 49.9. The lowest BCUT2D eigenvalue weighted by Gasteiger charge is -2.09. The van der Waals surface area contributed by atoms with Gasteiger partial charge in [-0.15, -0.1) is 0 Å². The van der Waals surface area contributed by atoms with Gasteiger partial charge in [0, 0.05) is 11.9 Å². The molecule has 2 rings (SSSR count). The summed E-state index contributed by atoms with van der Waals surface area (Å²) in [5.41, 5.74) is 1.50. The molecule has 0 unspecified atom stereocenters. The van der Waals surface area contributed by atoms with Crippen molar-refractivity contribution in [1.29, 1.82) is 0 Å². The van der Waals surface area contributed by atoms with E-state index in [1.807, 2.05) is 13.0 Å². The molecule has 7 heteroatoms. The Morgan fingerprint density at radius 3 is 2.05 bits per heavy atom. The second kappa shape index (κ2) is 6.10. The molecule has 0 aromatic heterocycles. The maximum Gasteiger partial charge on any atom is 0.261 e. The molecule has 0 spiro atoms. The van der Waals surface area contributed by atoms with Gasteiger partial charge in [0.2, 0.25) is 0 Å². The highest BCUT2D eigenvalue weighted by atomic mass is 32.2. The Labute approximate surface area is 131 Å². The average Bonchev–Trinajstić information content (AvgIpc) is 2.46. The Morgan fingerprint density at radius 2 is 1.50 bits per heavy atom. The van der Waals surface area contributed by atoms with Crippen molar-refractivity contribution < 1.29 is 16.8 Å². The van der Waals surface area contributed by atoms with Crippen LogP contribution in [0.1, 0.15) is 12.5 Å². The smallest absolute Gasteiger partial charge is 0.261 e. The molecule has 0 aliphatic carbocycles. The Balaban J connectivity index is 2.30. The number of sulfonamides is 1. The quantitative estimate of drug-likeness (QED) is 0.907. The van der Waals surface area contributed by atoms with Crippen LogP contribution in [-0.4, -0.2) is 23.1 Å². The van der Waals surface area contributed by atoms with Crippen LogP contribution in [0.5, 0.6) is 0 Å². The summed E-state index contributed by atoms with van der Waals surface area (Å²) in [6.07, 6.45) is 1.88. The molecule has 0 amide bonds. The Morgan fingerprint density at radius 1 is 0.909 bits per heavy atom. The van der Waals surface area contributed by atoms with Crippen molar-refractivity contribution in [2.45, 2.75) is 23.1 Å². The van der Waals surface area contributed by atoms with Gasteiger partial charge in [-0.05, 0) is 48.4 Å². The summed E-state index contributed by atoms with van der Waals surface area (Å²) in [6, 6.07) is 12.3. The standard InChI is InChI=1S/C15H17NO4S2/c1-3-12-5-4-6-13(11-12)16-22(19,20)15-9-7-14(8-10-15)21(2,17)18/h4-11,16H,3H2,1-2H3. The predicted molar refractivity (Wildman–Crippen MR) is 86.2 cm³/mol. The molecular weight excluding hydrogens is 322 g/mol. The molecule has 0 saturated carbocycles. The fourth-order valence-electron chi connectivity index (χ4n) is 1.93. The van der Waals surface area contributed by atoms with Crippen LogP contribution in [0.4, 0.5) is 5.69 Å². The number of hydrogen-bond acceptors (Lipinski definition) is 4. The topological polar surface area (TPSA) is 80.3 Å². The zero-order valence-corrected chi connectivity index (χ0v) is 13.9. The van der Waals surface area contributed by atoms with Gasteiger partial charge in [0.1, 0.15) is 0 Å². The van der Waals surface area contributed by atoms with Crippen molar-refractivity contribution in [3.63, 3.8) is 0 Å². The summed E-state index contributed by atoms with van der Waals surface area (Å²) in [6.45, 7) is 1.98. The highest BCUT2D eigenvalue weighted by Gasteiger charge is 2.15. The zero-order valence-electron chi connectivity index (χ0n) is 12.3. The van der Waals surface area contributed by atoms with E-state index in [1.54, 1.807) is 18.2 Å². The van der Waals surface area contributed by atoms with Gasteiger partial charge < -0.3 is 0 Å². The normalized spacial score (nSPS) is 12.1. The van der Waals surface area contributed by atoms with Crippen LogP contribution in [0.15, 0.2) is 58.3 Å². The Hall–Kier alpha value is -1.86. The van der Waals surface area contributed by atoms with Crippen molar-refractivity contribution in [2.24, 2.45) is 0 Å². The van der Waals surface area contributed by atoms with Gasteiger partial charge in [-0.1, -0.05) is 19.1 Å². The predicted octanol–water partition coefficient (Wildman–Crippen LogP) is 2.45. The van der Waals surface area contributed by atoms with Crippen molar-refractivity contribution in [2.75, 3.05) is 11.0 Å². The summed E-state index contributed by atoms with van der Waals surface area (Å²) >= 11 is 0. The lowest BCUT2D eigenvalue weighted by Crippen LogP contribution is -2.13. The van der Waals surface area contributed by atoms with Gasteiger partial charge in [0.25, 0.3) is 10.0 Å². The SMILES string of the molecule is CCc1cccc(NS(=O)(=O)c2ccc(S(C)(=O)=O)cc2)c1. The molecule has 2 aromatic carbocycles. The van der Waals surface area contributed by atoms with E-state index >= 15 is 0 Å². The van der Waals surface area contributed by atoms with Crippen molar-refractivity contribution in [3.05, 3.63) is 54.1 Å². The van der Waals surface area contributed by atoms with Crippen molar-refractivity contribution in [3.8, 4) is 0 Å². The molecule has 0 aliphatic heterocycles.